The minimum Gasteiger partial charge on any atom is -0.508 e. The first-order valence-electron chi connectivity index (χ1n) is 5.10. The lowest BCUT2D eigenvalue weighted by molar-refractivity contribution is 0.320. The number of likely N-dealkylation sites (tertiary alicyclic amines) is 1. The summed E-state index contributed by atoms with van der Waals surface area (Å²) in [7, 11) is 0. The molecule has 0 saturated carbocycles. The van der Waals surface area contributed by atoms with Crippen molar-refractivity contribution in [3.63, 3.8) is 0 Å². The lowest BCUT2D eigenvalue weighted by Gasteiger charge is -2.16. The van der Waals surface area contributed by atoms with Crippen molar-refractivity contribution in [2.24, 2.45) is 5.73 Å². The van der Waals surface area contributed by atoms with Gasteiger partial charge >= 0.3 is 0 Å². The van der Waals surface area contributed by atoms with Crippen LogP contribution in [0.4, 0.5) is 0 Å². The van der Waals surface area contributed by atoms with E-state index in [1.54, 1.807) is 6.07 Å². The van der Waals surface area contributed by atoms with Crippen LogP contribution < -0.4 is 5.73 Å². The number of phenols is 1. The fourth-order valence-corrected chi connectivity index (χ4v) is 2.34. The number of nitrogens with zero attached hydrogens (tertiary/aromatic N) is 1. The quantitative estimate of drug-likeness (QED) is 0.860. The van der Waals surface area contributed by atoms with Crippen LogP contribution in [0.15, 0.2) is 22.7 Å². The van der Waals surface area contributed by atoms with E-state index in [1.807, 2.05) is 12.1 Å². The molecule has 3 N–H and O–H groups in total. The summed E-state index contributed by atoms with van der Waals surface area (Å²) in [4.78, 5) is 2.27. The highest BCUT2D eigenvalue weighted by Gasteiger charge is 2.19. The molecule has 0 aromatic heterocycles. The molecule has 1 aliphatic heterocycles. The van der Waals surface area contributed by atoms with Gasteiger partial charge in [-0.3, -0.25) is 4.90 Å². The van der Waals surface area contributed by atoms with Gasteiger partial charge in [0.25, 0.3) is 0 Å². The van der Waals surface area contributed by atoms with Crippen LogP contribution in [-0.2, 0) is 6.54 Å². The van der Waals surface area contributed by atoms with E-state index in [1.165, 1.54) is 0 Å². The maximum Gasteiger partial charge on any atom is 0.120 e. The molecule has 1 aromatic rings. The summed E-state index contributed by atoms with van der Waals surface area (Å²) >= 11 is 3.40. The fourth-order valence-electron chi connectivity index (χ4n) is 1.93. The van der Waals surface area contributed by atoms with Crippen LogP contribution in [0.2, 0.25) is 0 Å². The van der Waals surface area contributed by atoms with Crippen LogP contribution in [0.5, 0.6) is 5.75 Å². The Balaban J connectivity index is 2.07. The van der Waals surface area contributed by atoms with Crippen LogP contribution in [0.3, 0.4) is 0 Å². The van der Waals surface area contributed by atoms with E-state index in [2.05, 4.69) is 20.8 Å². The lowest BCUT2D eigenvalue weighted by atomic mass is 10.2. The summed E-state index contributed by atoms with van der Waals surface area (Å²) in [5, 5.41) is 9.68. The smallest absolute Gasteiger partial charge is 0.120 e. The van der Waals surface area contributed by atoms with Crippen LogP contribution in [0.1, 0.15) is 12.0 Å². The molecule has 1 fully saturated rings. The van der Waals surface area contributed by atoms with Gasteiger partial charge in [0.05, 0.1) is 0 Å². The molecule has 1 heterocycles. The third-order valence-corrected chi connectivity index (χ3v) is 3.24. The van der Waals surface area contributed by atoms with Crippen molar-refractivity contribution >= 4 is 15.9 Å². The summed E-state index contributed by atoms with van der Waals surface area (Å²) in [5.41, 5.74) is 6.79. The summed E-state index contributed by atoms with van der Waals surface area (Å²) in [6, 6.07) is 5.81. The number of aromatic hydroxyl groups is 1. The molecule has 1 aromatic carbocycles. The maximum atomic E-state index is 9.68. The van der Waals surface area contributed by atoms with Gasteiger partial charge in [-0.05, 0) is 24.6 Å². The number of hydrogen-bond acceptors (Lipinski definition) is 3. The maximum absolute atomic E-state index is 9.68. The van der Waals surface area contributed by atoms with Gasteiger partial charge < -0.3 is 10.8 Å². The minimum atomic E-state index is 0.291. The third kappa shape index (κ3) is 2.71. The molecule has 82 valence electrons. The van der Waals surface area contributed by atoms with E-state index >= 15 is 0 Å². The van der Waals surface area contributed by atoms with Gasteiger partial charge in [0.1, 0.15) is 5.75 Å². The largest absolute Gasteiger partial charge is 0.508 e. The molecule has 0 aliphatic carbocycles. The molecular formula is C11H15BrN2O. The summed E-state index contributed by atoms with van der Waals surface area (Å²) in [6.45, 7) is 2.72. The zero-order valence-electron chi connectivity index (χ0n) is 8.49. The van der Waals surface area contributed by atoms with Gasteiger partial charge in [0.15, 0.2) is 0 Å². The summed E-state index contributed by atoms with van der Waals surface area (Å²) in [6.07, 6.45) is 1.05. The van der Waals surface area contributed by atoms with Gasteiger partial charge in [-0.25, -0.2) is 0 Å². The number of hydrogen-bond donors (Lipinski definition) is 2. The van der Waals surface area contributed by atoms with Crippen molar-refractivity contribution < 1.29 is 5.11 Å². The number of rotatable bonds is 2. The molecule has 0 unspecified atom stereocenters. The highest BCUT2D eigenvalue weighted by atomic mass is 79.9. The molecule has 2 rings (SSSR count). The highest BCUT2D eigenvalue weighted by Crippen LogP contribution is 2.24. The Labute approximate surface area is 98.0 Å². The van der Waals surface area contributed by atoms with E-state index in [4.69, 9.17) is 5.73 Å². The molecule has 1 saturated heterocycles. The number of nitrogens with two attached hydrogens (primary N) is 1. The van der Waals surface area contributed by atoms with Gasteiger partial charge in [0, 0.05) is 35.7 Å². The Hall–Kier alpha value is -0.580. The topological polar surface area (TPSA) is 49.5 Å². The standard InChI is InChI=1S/C11H15BrN2O/c12-9-1-2-11(15)8(5-9)6-14-4-3-10(13)7-14/h1-2,5,10,15H,3-4,6-7,13H2/t10-/m1/s1. The fraction of sp³-hybridized carbons (Fsp3) is 0.455. The van der Waals surface area contributed by atoms with Crippen molar-refractivity contribution in [3.8, 4) is 5.75 Å². The molecular weight excluding hydrogens is 256 g/mol. The van der Waals surface area contributed by atoms with Crippen LogP contribution in [-0.4, -0.2) is 29.1 Å². The number of phenolic OH excluding ortho intramolecular Hbond substituents is 1. The summed E-state index contributed by atoms with van der Waals surface area (Å²) in [5.74, 6) is 0.360. The molecule has 15 heavy (non-hydrogen) atoms. The first kappa shape index (κ1) is 10.9. The van der Waals surface area contributed by atoms with Crippen LogP contribution >= 0.6 is 15.9 Å². The van der Waals surface area contributed by atoms with Gasteiger partial charge in [0.2, 0.25) is 0 Å². The van der Waals surface area contributed by atoms with Gasteiger partial charge in [-0.15, -0.1) is 0 Å². The molecule has 1 aliphatic rings. The zero-order valence-corrected chi connectivity index (χ0v) is 10.1. The minimum absolute atomic E-state index is 0.291. The van der Waals surface area contributed by atoms with Crippen molar-refractivity contribution in [1.29, 1.82) is 0 Å². The molecule has 1 atom stereocenters. The molecule has 0 spiro atoms. The van der Waals surface area contributed by atoms with Crippen molar-refractivity contribution in [1.82, 2.24) is 4.90 Å². The first-order valence-corrected chi connectivity index (χ1v) is 5.90. The highest BCUT2D eigenvalue weighted by molar-refractivity contribution is 9.10. The second kappa shape index (κ2) is 4.51. The average molecular weight is 271 g/mol. The lowest BCUT2D eigenvalue weighted by Crippen LogP contribution is -2.26. The first-order chi connectivity index (χ1) is 7.15. The normalized spacial score (nSPS) is 22.1. The second-order valence-electron chi connectivity index (χ2n) is 4.06. The third-order valence-electron chi connectivity index (χ3n) is 2.74. The SMILES string of the molecule is N[C@@H]1CCN(Cc2cc(Br)ccc2O)C1. The Kier molecular flexibility index (Phi) is 3.29. The average Bonchev–Trinajstić information content (AvgIpc) is 2.58. The Morgan fingerprint density at radius 2 is 2.33 bits per heavy atom. The van der Waals surface area contributed by atoms with Crippen molar-refractivity contribution in [2.45, 2.75) is 19.0 Å². The molecule has 3 nitrogen and oxygen atoms in total. The number of benzene rings is 1. The van der Waals surface area contributed by atoms with E-state index in [0.29, 0.717) is 11.8 Å². The monoisotopic (exact) mass is 270 g/mol. The van der Waals surface area contributed by atoms with E-state index in [-0.39, 0.29) is 0 Å². The van der Waals surface area contributed by atoms with E-state index in [9.17, 15) is 5.11 Å². The van der Waals surface area contributed by atoms with E-state index in [0.717, 1.165) is 36.1 Å². The van der Waals surface area contributed by atoms with Crippen molar-refractivity contribution in [2.75, 3.05) is 13.1 Å². The van der Waals surface area contributed by atoms with Gasteiger partial charge in [-0.1, -0.05) is 15.9 Å². The Morgan fingerprint density at radius 1 is 1.53 bits per heavy atom. The van der Waals surface area contributed by atoms with Crippen LogP contribution in [0.25, 0.3) is 0 Å². The van der Waals surface area contributed by atoms with Crippen LogP contribution in [0, 0.1) is 0 Å². The summed E-state index contributed by atoms with van der Waals surface area (Å²) < 4.78 is 0.999. The van der Waals surface area contributed by atoms with Crippen molar-refractivity contribution in [3.05, 3.63) is 28.2 Å². The second-order valence-corrected chi connectivity index (χ2v) is 4.97. The molecule has 0 bridgehead atoms. The molecule has 0 radical (unpaired) electrons. The molecule has 0 amide bonds. The Morgan fingerprint density at radius 3 is 3.00 bits per heavy atom. The predicted molar refractivity (Wildman–Crippen MR) is 63.7 cm³/mol. The predicted octanol–water partition coefficient (Wildman–Crippen LogP) is 1.69. The molecule has 4 heteroatoms. The zero-order chi connectivity index (χ0) is 10.8. The Bertz CT molecular complexity index is 356. The number of halogens is 1. The van der Waals surface area contributed by atoms with E-state index < -0.39 is 0 Å². The van der Waals surface area contributed by atoms with Gasteiger partial charge in [-0.2, -0.15) is 0 Å².